The summed E-state index contributed by atoms with van der Waals surface area (Å²) in [5.41, 5.74) is 2.45. The number of rotatable bonds is 6. The summed E-state index contributed by atoms with van der Waals surface area (Å²) in [6, 6.07) is 16.7. The van der Waals surface area contributed by atoms with Gasteiger partial charge in [-0.3, -0.25) is 0 Å². The van der Waals surface area contributed by atoms with Gasteiger partial charge >= 0.3 is 6.61 Å². The summed E-state index contributed by atoms with van der Waals surface area (Å²) in [4.78, 5) is 0.225. The zero-order chi connectivity index (χ0) is 24.2. The highest BCUT2D eigenvalue weighted by molar-refractivity contribution is 7.81. The van der Waals surface area contributed by atoms with Gasteiger partial charge in [-0.25, -0.2) is 0 Å². The van der Waals surface area contributed by atoms with Gasteiger partial charge in [-0.2, -0.15) is 13.3 Å². The number of thiocarbonyl (C=S) groups is 1. The highest BCUT2D eigenvalue weighted by Crippen LogP contribution is 2.24. The lowest BCUT2D eigenvalue weighted by atomic mass is 9.88. The number of pyridine rings is 1. The highest BCUT2D eigenvalue weighted by Gasteiger charge is 2.25. The number of hydrogen-bond acceptors (Lipinski definition) is 3. The Morgan fingerprint density at radius 1 is 1.06 bits per heavy atom. The molecule has 0 spiro atoms. The van der Waals surface area contributed by atoms with Crippen LogP contribution in [0.3, 0.4) is 0 Å². The van der Waals surface area contributed by atoms with Crippen molar-refractivity contribution >= 4 is 46.0 Å². The third-order valence-electron chi connectivity index (χ3n) is 4.83. The SMILES string of the molecule is CC(C)(C)c1cc[n+](/C(C(=S)Nc2ccc(OC(F)F)cc2)=C(\O)c2cccc(Cl)c2)cc1. The third kappa shape index (κ3) is 6.49. The molecule has 33 heavy (non-hydrogen) atoms. The van der Waals surface area contributed by atoms with E-state index in [1.54, 1.807) is 41.0 Å². The molecule has 0 aliphatic carbocycles. The standard InChI is InChI=1S/C25H23ClF2N2O2S/c1-25(2,3)17-11-13-30(14-12-17)21(22(31)16-5-4-6-18(26)15-16)23(33)29-19-7-9-20(10-8-19)32-24(27)28/h4-15,24H,1-3H3,(H-,29,31,33)/p+1. The molecule has 1 aromatic heterocycles. The Morgan fingerprint density at radius 3 is 2.24 bits per heavy atom. The number of nitrogens with zero attached hydrogens (tertiary/aromatic N) is 1. The van der Waals surface area contributed by atoms with E-state index in [4.69, 9.17) is 23.8 Å². The summed E-state index contributed by atoms with van der Waals surface area (Å²) in [5.74, 6) is -0.0349. The van der Waals surface area contributed by atoms with Gasteiger partial charge in [-0.05, 0) is 47.4 Å². The van der Waals surface area contributed by atoms with Crippen LogP contribution >= 0.6 is 23.8 Å². The molecule has 0 amide bonds. The lowest BCUT2D eigenvalue weighted by Gasteiger charge is -2.18. The van der Waals surface area contributed by atoms with Crippen LogP contribution in [0.5, 0.6) is 5.75 Å². The van der Waals surface area contributed by atoms with E-state index in [2.05, 4.69) is 30.8 Å². The monoisotopic (exact) mass is 489 g/mol. The smallest absolute Gasteiger partial charge is 0.387 e. The van der Waals surface area contributed by atoms with E-state index in [0.717, 1.165) is 5.56 Å². The maximum absolute atomic E-state index is 12.4. The van der Waals surface area contributed by atoms with Crippen LogP contribution in [0.1, 0.15) is 31.9 Å². The van der Waals surface area contributed by atoms with E-state index in [1.807, 2.05) is 24.5 Å². The molecule has 1 heterocycles. The average molecular weight is 490 g/mol. The highest BCUT2D eigenvalue weighted by atomic mass is 35.5. The van der Waals surface area contributed by atoms with Crippen molar-refractivity contribution in [2.75, 3.05) is 5.32 Å². The molecule has 2 N–H and O–H groups in total. The van der Waals surface area contributed by atoms with E-state index in [0.29, 0.717) is 22.0 Å². The number of alkyl halides is 2. The number of halogens is 3. The Morgan fingerprint density at radius 2 is 1.70 bits per heavy atom. The van der Waals surface area contributed by atoms with Crippen LogP contribution in [-0.4, -0.2) is 16.7 Å². The van der Waals surface area contributed by atoms with Gasteiger partial charge in [-0.1, -0.05) is 56.7 Å². The van der Waals surface area contributed by atoms with E-state index >= 15 is 0 Å². The van der Waals surface area contributed by atoms with Gasteiger partial charge in [0, 0.05) is 28.4 Å². The number of aromatic nitrogens is 1. The zero-order valence-corrected chi connectivity index (χ0v) is 19.9. The first-order chi connectivity index (χ1) is 15.5. The molecule has 0 aliphatic rings. The Labute approximate surface area is 202 Å². The maximum Gasteiger partial charge on any atom is 0.387 e. The molecule has 0 atom stereocenters. The Kier molecular flexibility index (Phi) is 7.66. The largest absolute Gasteiger partial charge is 0.502 e. The second-order valence-electron chi connectivity index (χ2n) is 8.31. The summed E-state index contributed by atoms with van der Waals surface area (Å²) in [6.45, 7) is 3.43. The molecular weight excluding hydrogens is 466 g/mol. The first-order valence-electron chi connectivity index (χ1n) is 10.1. The minimum absolute atomic E-state index is 0.0335. The molecule has 3 rings (SSSR count). The van der Waals surface area contributed by atoms with Crippen molar-refractivity contribution in [2.24, 2.45) is 0 Å². The summed E-state index contributed by atoms with van der Waals surface area (Å²) < 4.78 is 30.9. The Hall–Kier alpha value is -3.03. The maximum atomic E-state index is 12.4. The molecule has 172 valence electrons. The number of ether oxygens (including phenoxy) is 1. The van der Waals surface area contributed by atoms with Gasteiger partial charge in [0.05, 0.1) is 0 Å². The molecule has 0 aliphatic heterocycles. The normalized spacial score (nSPS) is 12.3. The molecule has 0 fully saturated rings. The van der Waals surface area contributed by atoms with Gasteiger partial charge in [-0.15, -0.1) is 0 Å². The van der Waals surface area contributed by atoms with Crippen molar-refractivity contribution in [3.05, 3.63) is 89.2 Å². The van der Waals surface area contributed by atoms with Gasteiger partial charge in [0.2, 0.25) is 0 Å². The van der Waals surface area contributed by atoms with Gasteiger partial charge in [0.1, 0.15) is 5.75 Å². The molecule has 8 heteroatoms. The summed E-state index contributed by atoms with van der Waals surface area (Å²) in [7, 11) is 0. The van der Waals surface area contributed by atoms with Crippen LogP contribution in [0, 0.1) is 0 Å². The van der Waals surface area contributed by atoms with Crippen LogP contribution in [0.25, 0.3) is 11.5 Å². The van der Waals surface area contributed by atoms with Gasteiger partial charge < -0.3 is 15.2 Å². The van der Waals surface area contributed by atoms with Gasteiger partial charge in [0.25, 0.3) is 5.70 Å². The zero-order valence-electron chi connectivity index (χ0n) is 18.4. The van der Waals surface area contributed by atoms with Crippen molar-refractivity contribution in [1.82, 2.24) is 0 Å². The van der Waals surface area contributed by atoms with Crippen molar-refractivity contribution in [2.45, 2.75) is 32.8 Å². The van der Waals surface area contributed by atoms with E-state index in [9.17, 15) is 13.9 Å². The number of aliphatic hydroxyl groups is 1. The third-order valence-corrected chi connectivity index (χ3v) is 5.36. The Bertz CT molecular complexity index is 1160. The quantitative estimate of drug-likeness (QED) is 0.172. The van der Waals surface area contributed by atoms with Crippen LogP contribution < -0.4 is 14.6 Å². The van der Waals surface area contributed by atoms with Crippen LogP contribution in [0.4, 0.5) is 14.5 Å². The predicted molar refractivity (Wildman–Crippen MR) is 132 cm³/mol. The second-order valence-corrected chi connectivity index (χ2v) is 9.15. The average Bonchev–Trinajstić information content (AvgIpc) is 2.74. The number of anilines is 1. The number of hydrogen-bond donors (Lipinski definition) is 2. The first-order valence-corrected chi connectivity index (χ1v) is 10.9. The fraction of sp³-hybridized carbons (Fsp3) is 0.200. The molecule has 0 saturated heterocycles. The molecule has 0 unspecified atom stereocenters. The summed E-state index contributed by atoms with van der Waals surface area (Å²) >= 11 is 11.7. The molecule has 0 radical (unpaired) electrons. The van der Waals surface area contributed by atoms with Crippen LogP contribution in [0.15, 0.2) is 73.1 Å². The minimum Gasteiger partial charge on any atom is -0.502 e. The predicted octanol–water partition coefficient (Wildman–Crippen LogP) is 6.85. The van der Waals surface area contributed by atoms with Gasteiger partial charge in [0.15, 0.2) is 23.1 Å². The lowest BCUT2D eigenvalue weighted by Crippen LogP contribution is -2.39. The van der Waals surface area contributed by atoms with Crippen LogP contribution in [-0.2, 0) is 5.41 Å². The molecule has 0 bridgehead atoms. The molecule has 2 aromatic carbocycles. The Balaban J connectivity index is 1.99. The molecule has 0 saturated carbocycles. The molecular formula is C25H24ClF2N2O2S+. The van der Waals surface area contributed by atoms with Crippen molar-refractivity contribution in [1.29, 1.82) is 0 Å². The molecule has 4 nitrogen and oxygen atoms in total. The fourth-order valence-electron chi connectivity index (χ4n) is 3.11. The van der Waals surface area contributed by atoms with Crippen LogP contribution in [0.2, 0.25) is 5.02 Å². The second kappa shape index (κ2) is 10.3. The first kappa shape index (κ1) is 24.6. The topological polar surface area (TPSA) is 45.4 Å². The van der Waals surface area contributed by atoms with Crippen molar-refractivity contribution in [3.63, 3.8) is 0 Å². The van der Waals surface area contributed by atoms with E-state index < -0.39 is 6.61 Å². The number of aliphatic hydroxyl groups excluding tert-OH is 1. The van der Waals surface area contributed by atoms with Crippen molar-refractivity contribution < 1.29 is 23.2 Å². The number of nitrogens with one attached hydrogen (secondary N) is 1. The summed E-state index contributed by atoms with van der Waals surface area (Å²) in [6.07, 6.45) is 3.65. The summed E-state index contributed by atoms with van der Waals surface area (Å²) in [5, 5.41) is 14.7. The van der Waals surface area contributed by atoms with E-state index in [-0.39, 0.29) is 21.9 Å². The van der Waals surface area contributed by atoms with Crippen molar-refractivity contribution in [3.8, 4) is 5.75 Å². The molecule has 3 aromatic rings. The van der Waals surface area contributed by atoms with E-state index in [1.165, 1.54) is 12.1 Å². The fourth-order valence-corrected chi connectivity index (χ4v) is 3.62. The number of benzene rings is 2. The lowest BCUT2D eigenvalue weighted by molar-refractivity contribution is -0.575. The minimum atomic E-state index is -2.90.